The van der Waals surface area contributed by atoms with Gasteiger partial charge >= 0.3 is 0 Å². The van der Waals surface area contributed by atoms with E-state index < -0.39 is 5.54 Å². The molecule has 0 saturated carbocycles. The number of hydrogen-bond acceptors (Lipinski definition) is 3. The van der Waals surface area contributed by atoms with Crippen LogP contribution in [0.1, 0.15) is 24.7 Å². The first kappa shape index (κ1) is 15.2. The number of halogens is 3. The lowest BCUT2D eigenvalue weighted by Crippen LogP contribution is -2.29. The van der Waals surface area contributed by atoms with Gasteiger partial charge in [0.1, 0.15) is 16.6 Å². The van der Waals surface area contributed by atoms with Gasteiger partial charge in [0.15, 0.2) is 0 Å². The second-order valence-electron chi connectivity index (χ2n) is 5.15. The van der Waals surface area contributed by atoms with Crippen molar-refractivity contribution in [1.82, 2.24) is 14.5 Å². The number of fused-ring (bicyclic) bond motifs is 1. The van der Waals surface area contributed by atoms with Crippen molar-refractivity contribution in [2.45, 2.75) is 25.3 Å². The molecule has 2 aromatic heterocycles. The van der Waals surface area contributed by atoms with Gasteiger partial charge in [0.25, 0.3) is 0 Å². The molecule has 0 unspecified atom stereocenters. The first-order valence-corrected chi connectivity index (χ1v) is 8.77. The molecule has 0 bridgehead atoms. The molecule has 2 heterocycles. The number of nitrogens with zero attached hydrogens (tertiary/aromatic N) is 3. The van der Waals surface area contributed by atoms with Crippen LogP contribution in [-0.2, 0) is 11.4 Å². The summed E-state index contributed by atoms with van der Waals surface area (Å²) in [4.78, 5) is 8.94. The lowest BCUT2D eigenvalue weighted by Gasteiger charge is -2.27. The summed E-state index contributed by atoms with van der Waals surface area (Å²) in [5, 5.41) is 2.87. The Morgan fingerprint density at radius 3 is 2.81 bits per heavy atom. The molecule has 3 rings (SSSR count). The van der Waals surface area contributed by atoms with E-state index >= 15 is 0 Å². The Morgan fingerprint density at radius 1 is 1.43 bits per heavy atom. The van der Waals surface area contributed by atoms with E-state index in [1.807, 2.05) is 46.4 Å². The average molecular weight is 436 g/mol. The lowest BCUT2D eigenvalue weighted by molar-refractivity contribution is 0.434. The Morgan fingerprint density at radius 2 is 2.19 bits per heavy atom. The first-order valence-electron chi connectivity index (χ1n) is 6.28. The van der Waals surface area contributed by atoms with Gasteiger partial charge in [0.05, 0.1) is 26.0 Å². The van der Waals surface area contributed by atoms with Crippen LogP contribution >= 0.6 is 45.5 Å². The highest BCUT2D eigenvalue weighted by molar-refractivity contribution is 14.1. The maximum absolute atomic E-state index is 14.0. The maximum atomic E-state index is 14.0. The van der Waals surface area contributed by atoms with Gasteiger partial charge in [0, 0.05) is 17.6 Å². The average Bonchev–Trinajstić information content (AvgIpc) is 3.06. The predicted molar refractivity (Wildman–Crippen MR) is 92.5 cm³/mol. The highest BCUT2D eigenvalue weighted by Gasteiger charge is 2.30. The molecule has 3 nitrogen and oxygen atoms in total. The molecule has 0 N–H and O–H groups in total. The zero-order chi connectivity index (χ0) is 15.2. The number of alkyl halides is 1. The monoisotopic (exact) mass is 435 g/mol. The van der Waals surface area contributed by atoms with Crippen LogP contribution in [0.4, 0.5) is 4.39 Å². The molecule has 0 aliphatic heterocycles. The number of hydrogen-bond donors (Lipinski definition) is 0. The van der Waals surface area contributed by atoms with Gasteiger partial charge in [-0.1, -0.05) is 0 Å². The number of benzene rings is 1. The van der Waals surface area contributed by atoms with Crippen molar-refractivity contribution in [1.29, 1.82) is 0 Å². The van der Waals surface area contributed by atoms with Gasteiger partial charge in [0.2, 0.25) is 0 Å². The molecular formula is C14H12ClFIN3S. The lowest BCUT2D eigenvalue weighted by atomic mass is 10.1. The van der Waals surface area contributed by atoms with Crippen molar-refractivity contribution >= 4 is 56.6 Å². The SMILES string of the molecule is CC(C)(c1nccs1)n1c(CCl)nc2cc(I)c(F)cc21. The topological polar surface area (TPSA) is 30.7 Å². The molecule has 0 spiro atoms. The highest BCUT2D eigenvalue weighted by Crippen LogP contribution is 2.34. The second-order valence-corrected chi connectivity index (χ2v) is 7.47. The molecule has 0 atom stereocenters. The standard InChI is InChI=1S/C14H12ClFIN3S/c1-14(2,13-18-3-4-21-13)20-11-5-8(16)9(17)6-10(11)19-12(20)7-15/h3-6H,7H2,1-2H3. The number of imidazole rings is 1. The number of aromatic nitrogens is 3. The summed E-state index contributed by atoms with van der Waals surface area (Å²) in [5.41, 5.74) is 1.05. The Labute approximate surface area is 144 Å². The maximum Gasteiger partial charge on any atom is 0.138 e. The van der Waals surface area contributed by atoms with Crippen molar-refractivity contribution in [2.75, 3.05) is 0 Å². The minimum atomic E-state index is -0.438. The predicted octanol–water partition coefficient (Wildman–Crippen LogP) is 4.76. The van der Waals surface area contributed by atoms with E-state index in [9.17, 15) is 4.39 Å². The Bertz CT molecular complexity index is 798. The fourth-order valence-electron chi connectivity index (χ4n) is 2.46. The molecule has 1 aromatic carbocycles. The van der Waals surface area contributed by atoms with Crippen LogP contribution in [0.2, 0.25) is 0 Å². The molecule has 0 saturated heterocycles. The third-order valence-electron chi connectivity index (χ3n) is 3.40. The smallest absolute Gasteiger partial charge is 0.138 e. The van der Waals surface area contributed by atoms with E-state index in [0.29, 0.717) is 9.39 Å². The van der Waals surface area contributed by atoms with Crippen LogP contribution in [0, 0.1) is 9.39 Å². The molecule has 0 fully saturated rings. The number of thiazole rings is 1. The molecule has 0 radical (unpaired) electrons. The van der Waals surface area contributed by atoms with Crippen molar-refractivity contribution in [2.24, 2.45) is 0 Å². The fourth-order valence-corrected chi connectivity index (χ4v) is 3.84. The summed E-state index contributed by atoms with van der Waals surface area (Å²) in [5.74, 6) is 0.732. The van der Waals surface area contributed by atoms with Crippen molar-refractivity contribution in [3.8, 4) is 0 Å². The summed E-state index contributed by atoms with van der Waals surface area (Å²) in [6.07, 6.45) is 1.77. The molecule has 3 aromatic rings. The van der Waals surface area contributed by atoms with Gasteiger partial charge in [-0.15, -0.1) is 22.9 Å². The molecule has 21 heavy (non-hydrogen) atoms. The number of rotatable bonds is 3. The van der Waals surface area contributed by atoms with Crippen molar-refractivity contribution in [3.05, 3.63) is 43.9 Å². The van der Waals surface area contributed by atoms with E-state index in [1.54, 1.807) is 23.6 Å². The summed E-state index contributed by atoms with van der Waals surface area (Å²) in [6.45, 7) is 4.08. The van der Waals surface area contributed by atoms with Gasteiger partial charge in [-0.05, 0) is 42.5 Å². The zero-order valence-electron chi connectivity index (χ0n) is 11.4. The molecule has 0 amide bonds. The van der Waals surface area contributed by atoms with E-state index in [1.165, 1.54) is 6.07 Å². The van der Waals surface area contributed by atoms with E-state index in [-0.39, 0.29) is 11.7 Å². The van der Waals surface area contributed by atoms with E-state index in [0.717, 1.165) is 16.0 Å². The van der Waals surface area contributed by atoms with Gasteiger partial charge < -0.3 is 4.57 Å². The Balaban J connectivity index is 2.33. The van der Waals surface area contributed by atoms with Crippen LogP contribution in [0.3, 0.4) is 0 Å². The Kier molecular flexibility index (Phi) is 3.96. The van der Waals surface area contributed by atoms with Gasteiger partial charge in [-0.2, -0.15) is 0 Å². The van der Waals surface area contributed by atoms with E-state index in [4.69, 9.17) is 11.6 Å². The van der Waals surface area contributed by atoms with Gasteiger partial charge in [-0.25, -0.2) is 14.4 Å². The molecule has 0 aliphatic carbocycles. The molecule has 110 valence electrons. The minimum Gasteiger partial charge on any atom is -0.315 e. The minimum absolute atomic E-state index is 0.250. The Hall–Kier alpha value is -0.730. The van der Waals surface area contributed by atoms with Crippen LogP contribution in [-0.4, -0.2) is 14.5 Å². The highest BCUT2D eigenvalue weighted by atomic mass is 127. The van der Waals surface area contributed by atoms with Crippen LogP contribution in [0.25, 0.3) is 11.0 Å². The summed E-state index contributed by atoms with van der Waals surface area (Å²) in [6, 6.07) is 3.27. The molecule has 0 aliphatic rings. The first-order chi connectivity index (χ1) is 9.95. The normalized spacial score (nSPS) is 12.2. The quantitative estimate of drug-likeness (QED) is 0.439. The third kappa shape index (κ3) is 2.47. The van der Waals surface area contributed by atoms with E-state index in [2.05, 4.69) is 9.97 Å². The largest absolute Gasteiger partial charge is 0.315 e. The fraction of sp³-hybridized carbons (Fsp3) is 0.286. The summed E-state index contributed by atoms with van der Waals surface area (Å²) < 4.78 is 16.5. The van der Waals surface area contributed by atoms with Crippen molar-refractivity contribution in [3.63, 3.8) is 0 Å². The molecule has 7 heteroatoms. The zero-order valence-corrected chi connectivity index (χ0v) is 15.1. The summed E-state index contributed by atoms with van der Waals surface area (Å²) >= 11 is 9.59. The van der Waals surface area contributed by atoms with Gasteiger partial charge in [-0.3, -0.25) is 0 Å². The van der Waals surface area contributed by atoms with Crippen molar-refractivity contribution < 1.29 is 4.39 Å². The van der Waals surface area contributed by atoms with Crippen LogP contribution in [0.15, 0.2) is 23.7 Å². The summed E-state index contributed by atoms with van der Waals surface area (Å²) in [7, 11) is 0. The van der Waals surface area contributed by atoms with Crippen LogP contribution in [0.5, 0.6) is 0 Å². The second kappa shape index (κ2) is 5.48. The van der Waals surface area contributed by atoms with Crippen LogP contribution < -0.4 is 0 Å². The third-order valence-corrected chi connectivity index (χ3v) is 5.55. The molecular weight excluding hydrogens is 424 g/mol.